The fourth-order valence-electron chi connectivity index (χ4n) is 4.02. The van der Waals surface area contributed by atoms with Crippen LogP contribution in [0.2, 0.25) is 5.02 Å². The number of hydrogen-bond acceptors (Lipinski definition) is 5. The van der Waals surface area contributed by atoms with Crippen LogP contribution in [-0.4, -0.2) is 42.9 Å². The molecule has 168 valence electrons. The summed E-state index contributed by atoms with van der Waals surface area (Å²) in [6, 6.07) is 4.03. The highest BCUT2D eigenvalue weighted by Gasteiger charge is 2.29. The highest BCUT2D eigenvalue weighted by Crippen LogP contribution is 2.33. The number of carbonyl (C=O) groups excluding carboxylic acids is 2. The van der Waals surface area contributed by atoms with Crippen molar-refractivity contribution in [1.82, 2.24) is 5.32 Å². The summed E-state index contributed by atoms with van der Waals surface area (Å²) in [5, 5.41) is 3.51. The minimum atomic E-state index is -0.499. The van der Waals surface area contributed by atoms with Crippen LogP contribution in [-0.2, 0) is 9.47 Å². The number of halogens is 1. The third kappa shape index (κ3) is 6.53. The van der Waals surface area contributed by atoms with Crippen molar-refractivity contribution >= 4 is 29.4 Å². The normalized spacial score (nSPS) is 19.2. The zero-order chi connectivity index (χ0) is 22.5. The van der Waals surface area contributed by atoms with Gasteiger partial charge in [0.05, 0.1) is 12.2 Å². The van der Waals surface area contributed by atoms with Gasteiger partial charge in [-0.05, 0) is 84.9 Å². The molecule has 1 fully saturated rings. The third-order valence-corrected chi connectivity index (χ3v) is 5.57. The quantitative estimate of drug-likeness (QED) is 0.595. The van der Waals surface area contributed by atoms with E-state index in [0.717, 1.165) is 43.5 Å². The molecule has 1 aromatic carbocycles. The summed E-state index contributed by atoms with van der Waals surface area (Å²) < 4.78 is 10.6. The van der Waals surface area contributed by atoms with Gasteiger partial charge in [0.15, 0.2) is 0 Å². The fourth-order valence-corrected chi connectivity index (χ4v) is 4.23. The predicted molar refractivity (Wildman–Crippen MR) is 121 cm³/mol. The van der Waals surface area contributed by atoms with Crippen molar-refractivity contribution in [2.45, 2.75) is 84.9 Å². The molecule has 2 rings (SSSR count). The van der Waals surface area contributed by atoms with E-state index in [0.29, 0.717) is 23.2 Å². The van der Waals surface area contributed by atoms with Crippen LogP contribution in [0, 0.1) is 6.92 Å². The largest absolute Gasteiger partial charge is 0.462 e. The standard InChI is InChI=1S/C23H35ClN2O4/c1-7-26(20-14-16(24)13-19(15(20)3)21(27)29-8-2)18-11-9-17(10-12-18)25-22(28)30-23(4,5)6/h13-14,17-18H,7-12H2,1-6H3,(H,25,28). The summed E-state index contributed by atoms with van der Waals surface area (Å²) in [4.78, 5) is 26.7. The maximum Gasteiger partial charge on any atom is 0.407 e. The Morgan fingerprint density at radius 2 is 1.80 bits per heavy atom. The van der Waals surface area contributed by atoms with Gasteiger partial charge in [-0.25, -0.2) is 9.59 Å². The zero-order valence-corrected chi connectivity index (χ0v) is 19.8. The molecule has 0 heterocycles. The second-order valence-corrected chi connectivity index (χ2v) is 9.19. The molecule has 0 spiro atoms. The van der Waals surface area contributed by atoms with E-state index in [9.17, 15) is 9.59 Å². The first kappa shape index (κ1) is 24.3. The Labute approximate surface area is 185 Å². The minimum absolute atomic E-state index is 0.116. The Kier molecular flexibility index (Phi) is 8.42. The summed E-state index contributed by atoms with van der Waals surface area (Å²) in [5.74, 6) is -0.347. The van der Waals surface area contributed by atoms with Gasteiger partial charge in [-0.15, -0.1) is 0 Å². The van der Waals surface area contributed by atoms with Crippen LogP contribution in [0.5, 0.6) is 0 Å². The van der Waals surface area contributed by atoms with Crippen molar-refractivity contribution in [2.24, 2.45) is 0 Å². The number of alkyl carbamates (subject to hydrolysis) is 1. The molecule has 0 aliphatic heterocycles. The van der Waals surface area contributed by atoms with Gasteiger partial charge in [0.2, 0.25) is 0 Å². The molecule has 0 aromatic heterocycles. The van der Waals surface area contributed by atoms with Gasteiger partial charge in [-0.1, -0.05) is 11.6 Å². The van der Waals surface area contributed by atoms with Gasteiger partial charge in [0, 0.05) is 29.3 Å². The number of hydrogen-bond donors (Lipinski definition) is 1. The Balaban J connectivity index is 2.09. The van der Waals surface area contributed by atoms with Crippen LogP contribution in [0.15, 0.2) is 12.1 Å². The first-order valence-corrected chi connectivity index (χ1v) is 11.2. The molecule has 6 nitrogen and oxygen atoms in total. The lowest BCUT2D eigenvalue weighted by molar-refractivity contribution is 0.0488. The number of nitrogens with one attached hydrogen (secondary N) is 1. The summed E-state index contributed by atoms with van der Waals surface area (Å²) in [6.45, 7) is 12.6. The number of ether oxygens (including phenoxy) is 2. The van der Waals surface area contributed by atoms with E-state index >= 15 is 0 Å². The van der Waals surface area contributed by atoms with Crippen molar-refractivity contribution in [3.63, 3.8) is 0 Å². The van der Waals surface area contributed by atoms with Gasteiger partial charge >= 0.3 is 12.1 Å². The first-order chi connectivity index (χ1) is 14.1. The molecule has 7 heteroatoms. The van der Waals surface area contributed by atoms with Crippen molar-refractivity contribution < 1.29 is 19.1 Å². The van der Waals surface area contributed by atoms with Crippen LogP contribution in [0.1, 0.15) is 76.2 Å². The summed E-state index contributed by atoms with van der Waals surface area (Å²) in [7, 11) is 0. The lowest BCUT2D eigenvalue weighted by Crippen LogP contribution is -2.45. The van der Waals surface area contributed by atoms with Crippen molar-refractivity contribution in [1.29, 1.82) is 0 Å². The Morgan fingerprint density at radius 3 is 2.33 bits per heavy atom. The topological polar surface area (TPSA) is 67.9 Å². The molecule has 1 saturated carbocycles. The SMILES string of the molecule is CCOC(=O)c1cc(Cl)cc(N(CC)C2CCC(NC(=O)OC(C)(C)C)CC2)c1C. The van der Waals surface area contributed by atoms with E-state index < -0.39 is 5.60 Å². The molecule has 0 radical (unpaired) electrons. The van der Waals surface area contributed by atoms with Gasteiger partial charge in [-0.3, -0.25) is 0 Å². The average molecular weight is 439 g/mol. The molecule has 0 saturated heterocycles. The van der Waals surface area contributed by atoms with Gasteiger partial charge in [0.25, 0.3) is 0 Å². The lowest BCUT2D eigenvalue weighted by atomic mass is 9.89. The summed E-state index contributed by atoms with van der Waals surface area (Å²) in [5.41, 5.74) is 1.87. The molecule has 30 heavy (non-hydrogen) atoms. The molecule has 0 bridgehead atoms. The molecule has 1 amide bonds. The summed E-state index contributed by atoms with van der Waals surface area (Å²) in [6.07, 6.45) is 3.28. The van der Waals surface area contributed by atoms with Crippen LogP contribution in [0.4, 0.5) is 10.5 Å². The molecule has 1 N–H and O–H groups in total. The molecule has 1 aliphatic rings. The predicted octanol–water partition coefficient (Wildman–Crippen LogP) is 5.49. The lowest BCUT2D eigenvalue weighted by Gasteiger charge is -2.39. The third-order valence-electron chi connectivity index (χ3n) is 5.35. The van der Waals surface area contributed by atoms with Crippen LogP contribution < -0.4 is 10.2 Å². The number of benzene rings is 1. The van der Waals surface area contributed by atoms with E-state index in [2.05, 4.69) is 17.1 Å². The van der Waals surface area contributed by atoms with Gasteiger partial charge in [0.1, 0.15) is 5.60 Å². The maximum absolute atomic E-state index is 12.4. The first-order valence-electron chi connectivity index (χ1n) is 10.8. The minimum Gasteiger partial charge on any atom is -0.462 e. The van der Waals surface area contributed by atoms with Gasteiger partial charge < -0.3 is 19.7 Å². The van der Waals surface area contributed by atoms with E-state index in [1.54, 1.807) is 13.0 Å². The number of anilines is 1. The van der Waals surface area contributed by atoms with E-state index in [1.165, 1.54) is 0 Å². The monoisotopic (exact) mass is 438 g/mol. The van der Waals surface area contributed by atoms with E-state index in [4.69, 9.17) is 21.1 Å². The number of amides is 1. The van der Waals surface area contributed by atoms with Crippen LogP contribution in [0.25, 0.3) is 0 Å². The Bertz CT molecular complexity index is 752. The number of nitrogens with zero attached hydrogens (tertiary/aromatic N) is 1. The fraction of sp³-hybridized carbons (Fsp3) is 0.652. The number of esters is 1. The van der Waals surface area contributed by atoms with Crippen LogP contribution in [0.3, 0.4) is 0 Å². The Morgan fingerprint density at radius 1 is 1.17 bits per heavy atom. The molecular formula is C23H35ClN2O4. The molecule has 1 aromatic rings. The van der Waals surface area contributed by atoms with E-state index in [1.807, 2.05) is 33.8 Å². The van der Waals surface area contributed by atoms with Crippen molar-refractivity contribution in [3.8, 4) is 0 Å². The van der Waals surface area contributed by atoms with Crippen molar-refractivity contribution in [3.05, 3.63) is 28.3 Å². The molecule has 1 aliphatic carbocycles. The van der Waals surface area contributed by atoms with E-state index in [-0.39, 0.29) is 18.1 Å². The maximum atomic E-state index is 12.4. The smallest absolute Gasteiger partial charge is 0.407 e. The molecule has 0 unspecified atom stereocenters. The molecular weight excluding hydrogens is 404 g/mol. The average Bonchev–Trinajstić information content (AvgIpc) is 2.64. The second-order valence-electron chi connectivity index (χ2n) is 8.76. The number of rotatable bonds is 6. The molecule has 0 atom stereocenters. The highest BCUT2D eigenvalue weighted by molar-refractivity contribution is 6.31. The second kappa shape index (κ2) is 10.4. The van der Waals surface area contributed by atoms with Crippen molar-refractivity contribution in [2.75, 3.05) is 18.1 Å². The van der Waals surface area contributed by atoms with Crippen LogP contribution >= 0.6 is 11.6 Å². The summed E-state index contributed by atoms with van der Waals surface area (Å²) >= 11 is 6.34. The Hall–Kier alpha value is -1.95. The zero-order valence-electron chi connectivity index (χ0n) is 19.0. The number of carbonyl (C=O) groups is 2. The highest BCUT2D eigenvalue weighted by atomic mass is 35.5. The van der Waals surface area contributed by atoms with Gasteiger partial charge in [-0.2, -0.15) is 0 Å².